The van der Waals surface area contributed by atoms with Crippen LogP contribution < -0.4 is 10.6 Å². The number of ether oxygens (including phenoxy) is 2. The third-order valence-electron chi connectivity index (χ3n) is 2.26. The number of amides is 2. The molecular weight excluding hydrogens is 292 g/mol. The predicted octanol–water partition coefficient (Wildman–Crippen LogP) is 1.66. The van der Waals surface area contributed by atoms with E-state index in [9.17, 15) is 14.4 Å². The van der Waals surface area contributed by atoms with Crippen molar-refractivity contribution >= 4 is 18.2 Å². The molecule has 0 bridgehead atoms. The number of hydrogen-bond donors (Lipinski definition) is 3. The van der Waals surface area contributed by atoms with Crippen LogP contribution in [0.1, 0.15) is 33.6 Å². The Kier molecular flexibility index (Phi) is 8.66. The van der Waals surface area contributed by atoms with Crippen LogP contribution in [-0.4, -0.2) is 48.1 Å². The fourth-order valence-corrected chi connectivity index (χ4v) is 1.39. The zero-order valence-corrected chi connectivity index (χ0v) is 13.2. The minimum absolute atomic E-state index is 0.00162. The Morgan fingerprint density at radius 3 is 2.41 bits per heavy atom. The highest BCUT2D eigenvalue weighted by molar-refractivity contribution is 5.79. The third-order valence-corrected chi connectivity index (χ3v) is 2.26. The van der Waals surface area contributed by atoms with Crippen molar-refractivity contribution in [1.29, 1.82) is 0 Å². The molecule has 0 aliphatic heterocycles. The molecule has 2 amide bonds. The molecule has 8 heteroatoms. The van der Waals surface area contributed by atoms with Gasteiger partial charge in [-0.05, 0) is 33.6 Å². The lowest BCUT2D eigenvalue weighted by Crippen LogP contribution is -2.41. The molecule has 1 atom stereocenters. The first-order valence-corrected chi connectivity index (χ1v) is 6.89. The van der Waals surface area contributed by atoms with Crippen LogP contribution in [0.25, 0.3) is 0 Å². The van der Waals surface area contributed by atoms with E-state index in [4.69, 9.17) is 9.84 Å². The molecule has 0 fully saturated rings. The van der Waals surface area contributed by atoms with Crippen LogP contribution in [0, 0.1) is 0 Å². The first-order valence-electron chi connectivity index (χ1n) is 6.89. The summed E-state index contributed by atoms with van der Waals surface area (Å²) in [4.78, 5) is 33.7. The van der Waals surface area contributed by atoms with Crippen molar-refractivity contribution in [2.75, 3.05) is 13.2 Å². The molecule has 0 spiro atoms. The van der Waals surface area contributed by atoms with Gasteiger partial charge < -0.3 is 25.2 Å². The summed E-state index contributed by atoms with van der Waals surface area (Å²) in [5.74, 6) is -1.17. The fourth-order valence-electron chi connectivity index (χ4n) is 1.39. The van der Waals surface area contributed by atoms with Crippen LogP contribution in [0.15, 0.2) is 12.7 Å². The van der Waals surface area contributed by atoms with E-state index in [1.807, 2.05) is 0 Å². The molecule has 0 aliphatic rings. The van der Waals surface area contributed by atoms with E-state index in [2.05, 4.69) is 21.9 Å². The van der Waals surface area contributed by atoms with Gasteiger partial charge in [0, 0.05) is 6.54 Å². The zero-order valence-electron chi connectivity index (χ0n) is 13.2. The predicted molar refractivity (Wildman–Crippen MR) is 79.6 cm³/mol. The van der Waals surface area contributed by atoms with Gasteiger partial charge in [-0.25, -0.2) is 14.4 Å². The minimum atomic E-state index is -1.17. The van der Waals surface area contributed by atoms with E-state index in [-0.39, 0.29) is 19.6 Å². The van der Waals surface area contributed by atoms with Gasteiger partial charge in [0.05, 0.1) is 0 Å². The first kappa shape index (κ1) is 19.8. The Morgan fingerprint density at radius 2 is 1.91 bits per heavy atom. The van der Waals surface area contributed by atoms with Gasteiger partial charge in [0.1, 0.15) is 18.2 Å². The number of alkyl carbamates (subject to hydrolysis) is 2. The topological polar surface area (TPSA) is 114 Å². The number of rotatable bonds is 8. The van der Waals surface area contributed by atoms with Crippen LogP contribution in [0.3, 0.4) is 0 Å². The average Bonchev–Trinajstić information content (AvgIpc) is 2.37. The Bertz CT molecular complexity index is 403. The molecule has 126 valence electrons. The zero-order chi connectivity index (χ0) is 17.2. The van der Waals surface area contributed by atoms with Crippen molar-refractivity contribution in [3.63, 3.8) is 0 Å². The normalized spacial score (nSPS) is 12.0. The van der Waals surface area contributed by atoms with E-state index in [1.54, 1.807) is 20.8 Å². The molecule has 0 saturated heterocycles. The maximum absolute atomic E-state index is 11.4. The number of carbonyl (C=O) groups excluding carboxylic acids is 2. The quantitative estimate of drug-likeness (QED) is 0.463. The van der Waals surface area contributed by atoms with Gasteiger partial charge in [-0.2, -0.15) is 0 Å². The third kappa shape index (κ3) is 10.5. The smallest absolute Gasteiger partial charge is 0.408 e. The summed E-state index contributed by atoms with van der Waals surface area (Å²) in [6, 6.07) is -1.09. The molecule has 22 heavy (non-hydrogen) atoms. The van der Waals surface area contributed by atoms with Crippen LogP contribution in [0.2, 0.25) is 0 Å². The lowest BCUT2D eigenvalue weighted by atomic mass is 10.1. The van der Waals surface area contributed by atoms with Crippen molar-refractivity contribution in [3.05, 3.63) is 12.7 Å². The second-order valence-corrected chi connectivity index (χ2v) is 5.49. The summed E-state index contributed by atoms with van der Waals surface area (Å²) in [6.07, 6.45) is 0.483. The highest BCUT2D eigenvalue weighted by Gasteiger charge is 2.20. The van der Waals surface area contributed by atoms with Gasteiger partial charge in [-0.1, -0.05) is 12.7 Å². The van der Waals surface area contributed by atoms with Gasteiger partial charge in [-0.15, -0.1) is 0 Å². The SMILES string of the molecule is C=CCOC(=O)N[C@H](CCCNC(=O)OC(C)(C)C)C(=O)O. The van der Waals surface area contributed by atoms with E-state index in [0.717, 1.165) is 0 Å². The highest BCUT2D eigenvalue weighted by Crippen LogP contribution is 2.06. The van der Waals surface area contributed by atoms with Crippen LogP contribution in [-0.2, 0) is 14.3 Å². The molecule has 8 nitrogen and oxygen atoms in total. The average molecular weight is 316 g/mol. The summed E-state index contributed by atoms with van der Waals surface area (Å²) in [6.45, 7) is 8.84. The van der Waals surface area contributed by atoms with Crippen LogP contribution >= 0.6 is 0 Å². The molecule has 0 aromatic carbocycles. The van der Waals surface area contributed by atoms with Gasteiger partial charge >= 0.3 is 18.2 Å². The number of carboxylic acids is 1. The molecule has 0 radical (unpaired) electrons. The van der Waals surface area contributed by atoms with Gasteiger partial charge in [0.2, 0.25) is 0 Å². The van der Waals surface area contributed by atoms with Crippen molar-refractivity contribution in [3.8, 4) is 0 Å². The van der Waals surface area contributed by atoms with E-state index in [1.165, 1.54) is 6.08 Å². The minimum Gasteiger partial charge on any atom is -0.480 e. The van der Waals surface area contributed by atoms with Crippen molar-refractivity contribution in [1.82, 2.24) is 10.6 Å². The fraction of sp³-hybridized carbons (Fsp3) is 0.643. The molecule has 3 N–H and O–H groups in total. The Labute approximate surface area is 129 Å². The van der Waals surface area contributed by atoms with Crippen LogP contribution in [0.4, 0.5) is 9.59 Å². The molecule has 0 aliphatic carbocycles. The lowest BCUT2D eigenvalue weighted by Gasteiger charge is -2.20. The molecule has 0 aromatic rings. The highest BCUT2D eigenvalue weighted by atomic mass is 16.6. The summed E-state index contributed by atoms with van der Waals surface area (Å²) < 4.78 is 9.69. The van der Waals surface area contributed by atoms with Crippen molar-refractivity contribution in [2.24, 2.45) is 0 Å². The maximum atomic E-state index is 11.4. The molecule has 0 unspecified atom stereocenters. The van der Waals surface area contributed by atoms with Crippen LogP contribution in [0.5, 0.6) is 0 Å². The van der Waals surface area contributed by atoms with Gasteiger partial charge in [0.25, 0.3) is 0 Å². The molecule has 0 aromatic heterocycles. The standard InChI is InChI=1S/C14H24N2O6/c1-5-9-21-13(20)16-10(11(17)18)7-6-8-15-12(19)22-14(2,3)4/h5,10H,1,6-9H2,2-4H3,(H,15,19)(H,16,20)(H,17,18)/t10-/m1/s1. The summed E-state index contributed by atoms with van der Waals surface area (Å²) in [5.41, 5.74) is -0.593. The summed E-state index contributed by atoms with van der Waals surface area (Å²) in [7, 11) is 0. The Hall–Kier alpha value is -2.25. The second-order valence-electron chi connectivity index (χ2n) is 5.49. The monoisotopic (exact) mass is 316 g/mol. The largest absolute Gasteiger partial charge is 0.480 e. The van der Waals surface area contributed by atoms with Crippen molar-refractivity contribution < 1.29 is 29.0 Å². The Morgan fingerprint density at radius 1 is 1.27 bits per heavy atom. The van der Waals surface area contributed by atoms with E-state index < -0.39 is 29.8 Å². The number of carbonyl (C=O) groups is 3. The van der Waals surface area contributed by atoms with E-state index >= 15 is 0 Å². The van der Waals surface area contributed by atoms with Gasteiger partial charge in [0.15, 0.2) is 0 Å². The number of nitrogens with one attached hydrogen (secondary N) is 2. The molecular formula is C14H24N2O6. The molecule has 0 heterocycles. The van der Waals surface area contributed by atoms with Gasteiger partial charge in [-0.3, -0.25) is 0 Å². The first-order chi connectivity index (χ1) is 10.2. The summed E-state index contributed by atoms with van der Waals surface area (Å²) in [5, 5.41) is 13.7. The summed E-state index contributed by atoms with van der Waals surface area (Å²) >= 11 is 0. The molecule has 0 rings (SSSR count). The number of carboxylic acid groups (broad SMARTS) is 1. The lowest BCUT2D eigenvalue weighted by molar-refractivity contribution is -0.139. The number of aliphatic carboxylic acids is 1. The van der Waals surface area contributed by atoms with Crippen molar-refractivity contribution in [2.45, 2.75) is 45.3 Å². The second kappa shape index (κ2) is 9.64. The maximum Gasteiger partial charge on any atom is 0.408 e. The number of hydrogen-bond acceptors (Lipinski definition) is 5. The van der Waals surface area contributed by atoms with E-state index in [0.29, 0.717) is 6.42 Å². The Balaban J connectivity index is 4.06. The molecule has 0 saturated carbocycles.